The Morgan fingerprint density at radius 2 is 1.52 bits per heavy atom. The van der Waals surface area contributed by atoms with Gasteiger partial charge in [0.25, 0.3) is 0 Å². The Labute approximate surface area is 123 Å². The Kier molecular flexibility index (Phi) is 4.91. The number of methoxy groups -OCH3 is 3. The lowest BCUT2D eigenvalue weighted by molar-refractivity contribution is -0.483. The average Bonchev–Trinajstić information content (AvgIpc) is 2.50. The zero-order valence-corrected chi connectivity index (χ0v) is 12.9. The van der Waals surface area contributed by atoms with Gasteiger partial charge in [-0.15, -0.1) is 0 Å². The normalized spacial score (nSPS) is 50.7. The van der Waals surface area contributed by atoms with Crippen LogP contribution in [0.2, 0.25) is 0 Å². The second-order valence-corrected chi connectivity index (χ2v) is 5.42. The van der Waals surface area contributed by atoms with Gasteiger partial charge in [-0.2, -0.15) is 0 Å². The molecule has 8 heteroatoms. The van der Waals surface area contributed by atoms with Crippen LogP contribution in [0, 0.1) is 0 Å². The van der Waals surface area contributed by atoms with Crippen molar-refractivity contribution in [2.24, 2.45) is 0 Å². The molecule has 2 aliphatic rings. The zero-order valence-electron chi connectivity index (χ0n) is 12.9. The maximum Gasteiger partial charge on any atom is 0.220 e. The quantitative estimate of drug-likeness (QED) is 0.698. The summed E-state index contributed by atoms with van der Waals surface area (Å²) in [6, 6.07) is 0. The number of hydrogen-bond acceptors (Lipinski definition) is 8. The van der Waals surface area contributed by atoms with E-state index >= 15 is 0 Å². The molecule has 2 N–H and O–H groups in total. The SMILES string of the molecule is CO[C@@H]1O[C@H](CO)[C@H](O)[C@@H]2O[C@](C)(OC)[C@@](C)(OC)O[C@@H]12. The summed E-state index contributed by atoms with van der Waals surface area (Å²) in [5, 5.41) is 19.6. The van der Waals surface area contributed by atoms with Crippen LogP contribution >= 0.6 is 0 Å². The van der Waals surface area contributed by atoms with E-state index in [-0.39, 0.29) is 6.61 Å². The summed E-state index contributed by atoms with van der Waals surface area (Å²) in [7, 11) is 4.38. The smallest absolute Gasteiger partial charge is 0.220 e. The molecule has 0 aromatic carbocycles. The van der Waals surface area contributed by atoms with E-state index in [9.17, 15) is 10.2 Å². The highest BCUT2D eigenvalue weighted by atomic mass is 16.8. The van der Waals surface area contributed by atoms with Gasteiger partial charge in [0, 0.05) is 21.3 Å². The number of ether oxygens (including phenoxy) is 6. The summed E-state index contributed by atoms with van der Waals surface area (Å²) in [5.41, 5.74) is 0. The number of rotatable bonds is 4. The van der Waals surface area contributed by atoms with Crippen LogP contribution in [0.1, 0.15) is 13.8 Å². The van der Waals surface area contributed by atoms with Crippen molar-refractivity contribution in [1.29, 1.82) is 0 Å². The molecule has 2 fully saturated rings. The van der Waals surface area contributed by atoms with Crippen molar-refractivity contribution in [3.05, 3.63) is 0 Å². The van der Waals surface area contributed by atoms with E-state index in [1.165, 1.54) is 21.3 Å². The first-order valence-corrected chi connectivity index (χ1v) is 6.79. The Bertz CT molecular complexity index is 366. The number of hydrogen-bond donors (Lipinski definition) is 2. The molecule has 21 heavy (non-hydrogen) atoms. The van der Waals surface area contributed by atoms with Gasteiger partial charge in [0.1, 0.15) is 24.4 Å². The van der Waals surface area contributed by atoms with Crippen LogP contribution in [-0.2, 0) is 28.4 Å². The number of aliphatic hydroxyl groups is 2. The number of aliphatic hydroxyl groups excluding tert-OH is 2. The molecule has 2 aliphatic heterocycles. The molecular formula is C13H24O8. The van der Waals surface area contributed by atoms with E-state index in [4.69, 9.17) is 28.4 Å². The first-order valence-electron chi connectivity index (χ1n) is 6.79. The van der Waals surface area contributed by atoms with Crippen LogP contribution in [0.25, 0.3) is 0 Å². The third kappa shape index (κ3) is 2.60. The summed E-state index contributed by atoms with van der Waals surface area (Å²) in [5.74, 6) is -2.45. The van der Waals surface area contributed by atoms with Gasteiger partial charge in [0.15, 0.2) is 6.29 Å². The molecule has 0 radical (unpaired) electrons. The minimum absolute atomic E-state index is 0.362. The molecule has 0 aromatic heterocycles. The van der Waals surface area contributed by atoms with Crippen LogP contribution in [-0.4, -0.2) is 80.4 Å². The highest BCUT2D eigenvalue weighted by molar-refractivity contribution is 4.99. The zero-order chi connectivity index (χ0) is 15.8. The summed E-state index contributed by atoms with van der Waals surface area (Å²) in [4.78, 5) is 0. The maximum absolute atomic E-state index is 10.3. The third-order valence-electron chi connectivity index (χ3n) is 4.36. The molecule has 0 bridgehead atoms. The molecule has 2 heterocycles. The van der Waals surface area contributed by atoms with E-state index in [1.54, 1.807) is 13.8 Å². The summed E-state index contributed by atoms with van der Waals surface area (Å²) >= 11 is 0. The van der Waals surface area contributed by atoms with E-state index < -0.39 is 42.3 Å². The van der Waals surface area contributed by atoms with Gasteiger partial charge in [-0.3, -0.25) is 0 Å². The van der Waals surface area contributed by atoms with Crippen molar-refractivity contribution < 1.29 is 38.6 Å². The molecule has 0 aliphatic carbocycles. The Hall–Kier alpha value is -0.320. The monoisotopic (exact) mass is 308 g/mol. The van der Waals surface area contributed by atoms with Gasteiger partial charge in [0.2, 0.25) is 11.6 Å². The lowest BCUT2D eigenvalue weighted by Crippen LogP contribution is -2.73. The fourth-order valence-corrected chi connectivity index (χ4v) is 2.69. The van der Waals surface area contributed by atoms with Gasteiger partial charge in [-0.25, -0.2) is 0 Å². The average molecular weight is 308 g/mol. The summed E-state index contributed by atoms with van der Waals surface area (Å²) in [6.45, 7) is 2.97. The van der Waals surface area contributed by atoms with E-state index in [1.807, 2.05) is 0 Å². The van der Waals surface area contributed by atoms with Crippen LogP contribution in [0.5, 0.6) is 0 Å². The third-order valence-corrected chi connectivity index (χ3v) is 4.36. The van der Waals surface area contributed by atoms with Gasteiger partial charge in [-0.05, 0) is 13.8 Å². The maximum atomic E-state index is 10.3. The molecule has 0 amide bonds. The van der Waals surface area contributed by atoms with Crippen molar-refractivity contribution in [2.75, 3.05) is 27.9 Å². The lowest BCUT2D eigenvalue weighted by atomic mass is 9.94. The van der Waals surface area contributed by atoms with Crippen molar-refractivity contribution in [1.82, 2.24) is 0 Å². The standard InChI is InChI=1S/C13H24O8/c1-12(17-4)13(2,18-5)21-10-9(20-12)8(15)7(6-14)19-11(10)16-3/h7-11,14-15H,6H2,1-5H3/t7-,8+,9+,10-,11-,12+,13+/m1/s1. The van der Waals surface area contributed by atoms with E-state index in [0.29, 0.717) is 0 Å². The second-order valence-electron chi connectivity index (χ2n) is 5.42. The van der Waals surface area contributed by atoms with Gasteiger partial charge in [-0.1, -0.05) is 0 Å². The molecular weight excluding hydrogens is 284 g/mol. The molecule has 0 saturated carbocycles. The molecule has 124 valence electrons. The molecule has 2 rings (SSSR count). The summed E-state index contributed by atoms with van der Waals surface area (Å²) in [6.07, 6.45) is -4.21. The fourth-order valence-electron chi connectivity index (χ4n) is 2.69. The molecule has 0 unspecified atom stereocenters. The fraction of sp³-hybridized carbons (Fsp3) is 1.00. The minimum atomic E-state index is -1.24. The Morgan fingerprint density at radius 1 is 1.00 bits per heavy atom. The molecule has 2 saturated heterocycles. The number of fused-ring (bicyclic) bond motifs is 1. The Morgan fingerprint density at radius 3 is 1.95 bits per heavy atom. The van der Waals surface area contributed by atoms with Gasteiger partial charge < -0.3 is 38.6 Å². The van der Waals surface area contributed by atoms with Crippen LogP contribution in [0.4, 0.5) is 0 Å². The topological polar surface area (TPSA) is 95.8 Å². The lowest BCUT2D eigenvalue weighted by Gasteiger charge is -2.56. The van der Waals surface area contributed by atoms with Crippen molar-refractivity contribution >= 4 is 0 Å². The van der Waals surface area contributed by atoms with Gasteiger partial charge in [0.05, 0.1) is 6.61 Å². The van der Waals surface area contributed by atoms with E-state index in [2.05, 4.69) is 0 Å². The second kappa shape index (κ2) is 6.05. The summed E-state index contributed by atoms with van der Waals surface area (Å²) < 4.78 is 33.4. The first kappa shape index (κ1) is 17.0. The van der Waals surface area contributed by atoms with E-state index in [0.717, 1.165) is 0 Å². The Balaban J connectivity index is 2.33. The molecule has 8 nitrogen and oxygen atoms in total. The molecule has 7 atom stereocenters. The highest BCUT2D eigenvalue weighted by Gasteiger charge is 2.62. The minimum Gasteiger partial charge on any atom is -0.394 e. The predicted molar refractivity (Wildman–Crippen MR) is 69.3 cm³/mol. The largest absolute Gasteiger partial charge is 0.394 e. The molecule has 0 aromatic rings. The van der Waals surface area contributed by atoms with Crippen LogP contribution in [0.3, 0.4) is 0 Å². The highest BCUT2D eigenvalue weighted by Crippen LogP contribution is 2.43. The van der Waals surface area contributed by atoms with Crippen LogP contribution in [0.15, 0.2) is 0 Å². The van der Waals surface area contributed by atoms with Crippen molar-refractivity contribution in [3.63, 3.8) is 0 Å². The molecule has 0 spiro atoms. The van der Waals surface area contributed by atoms with Gasteiger partial charge >= 0.3 is 0 Å². The first-order chi connectivity index (χ1) is 9.85. The van der Waals surface area contributed by atoms with Crippen molar-refractivity contribution in [3.8, 4) is 0 Å². The van der Waals surface area contributed by atoms with Crippen molar-refractivity contribution in [2.45, 2.75) is 56.1 Å². The van der Waals surface area contributed by atoms with Crippen LogP contribution < -0.4 is 0 Å². The predicted octanol–water partition coefficient (Wildman–Crippen LogP) is -0.780.